The molecule has 3 N–H and O–H groups in total. The van der Waals surface area contributed by atoms with Gasteiger partial charge in [0.05, 0.1) is 0 Å². The second-order valence-electron chi connectivity index (χ2n) is 2.18. The summed E-state index contributed by atoms with van der Waals surface area (Å²) in [6, 6.07) is 8.32. The Bertz CT molecular complexity index is 330. The molecule has 1 rings (SSSR count). The third-order valence-corrected chi connectivity index (χ3v) is 1.47. The Labute approximate surface area is 82.7 Å². The van der Waals surface area contributed by atoms with E-state index in [0.29, 0.717) is 5.75 Å². The monoisotopic (exact) mass is 216 g/mol. The fourth-order valence-corrected chi connectivity index (χ4v) is 0.877. The van der Waals surface area contributed by atoms with Gasteiger partial charge in [0.2, 0.25) is 0 Å². The van der Waals surface area contributed by atoms with Crippen LogP contribution in [0.25, 0.3) is 0 Å². The second-order valence-corrected chi connectivity index (χ2v) is 2.88. The summed E-state index contributed by atoms with van der Waals surface area (Å²) < 4.78 is 23.1. The molecule has 1 aromatic carbocycles. The number of hydrogen-bond donors (Lipinski definition) is 3. The van der Waals surface area contributed by atoms with Gasteiger partial charge in [-0.25, -0.2) is 14.4 Å². The van der Waals surface area contributed by atoms with Gasteiger partial charge in [-0.15, -0.1) is 4.83 Å². The van der Waals surface area contributed by atoms with Gasteiger partial charge in [0, 0.05) is 0 Å². The zero-order valence-corrected chi connectivity index (χ0v) is 7.78. The number of carbonyl (C=O) groups excluding carboxylic acids is 1. The van der Waals surface area contributed by atoms with Crippen LogP contribution in [0.5, 0.6) is 5.75 Å². The molecule has 0 bridgehead atoms. The Balaban J connectivity index is 2.38. The predicted molar refractivity (Wildman–Crippen MR) is 49.5 cm³/mol. The average Bonchev–Trinajstić information content (AvgIpc) is 2.16. The van der Waals surface area contributed by atoms with E-state index in [0.717, 1.165) is 0 Å². The molecule has 0 aliphatic carbocycles. The number of rotatable bonds is 3. The van der Waals surface area contributed by atoms with E-state index in [1.54, 1.807) is 35.2 Å². The van der Waals surface area contributed by atoms with E-state index >= 15 is 0 Å². The van der Waals surface area contributed by atoms with E-state index in [9.17, 15) is 9.00 Å². The van der Waals surface area contributed by atoms with Crippen molar-refractivity contribution in [2.24, 2.45) is 0 Å². The third kappa shape index (κ3) is 3.99. The first-order valence-electron chi connectivity index (χ1n) is 3.58. The Hall–Kier alpha value is -1.44. The fraction of sp³-hybridized carbons (Fsp3) is 0. The van der Waals surface area contributed by atoms with Crippen LogP contribution in [-0.4, -0.2) is 14.9 Å². The lowest BCUT2D eigenvalue weighted by atomic mass is 10.3. The molecule has 7 heteroatoms. The summed E-state index contributed by atoms with van der Waals surface area (Å²) in [5, 5.41) is 0. The van der Waals surface area contributed by atoms with Crippen LogP contribution in [-0.2, 0) is 11.3 Å². The van der Waals surface area contributed by atoms with Crippen molar-refractivity contribution in [2.45, 2.75) is 0 Å². The number of hydrogen-bond acceptors (Lipinski definition) is 3. The molecule has 0 aliphatic heterocycles. The molecule has 0 heterocycles. The summed E-state index contributed by atoms with van der Waals surface area (Å²) in [5.74, 6) is 0.343. The van der Waals surface area contributed by atoms with Gasteiger partial charge in [0.25, 0.3) is 11.3 Å². The van der Waals surface area contributed by atoms with Crippen molar-refractivity contribution in [3.63, 3.8) is 0 Å². The molecule has 1 amide bonds. The van der Waals surface area contributed by atoms with Crippen LogP contribution in [0.2, 0.25) is 0 Å². The molecule has 0 saturated heterocycles. The van der Waals surface area contributed by atoms with Gasteiger partial charge < -0.3 is 4.74 Å². The highest BCUT2D eigenvalue weighted by Crippen LogP contribution is 2.07. The molecule has 1 atom stereocenters. The lowest BCUT2D eigenvalue weighted by Crippen LogP contribution is -2.40. The Kier molecular flexibility index (Phi) is 4.05. The van der Waals surface area contributed by atoms with E-state index < -0.39 is 17.4 Å². The van der Waals surface area contributed by atoms with Crippen molar-refractivity contribution < 1.29 is 18.3 Å². The number of para-hydroxylation sites is 1. The van der Waals surface area contributed by atoms with Crippen molar-refractivity contribution >= 4 is 17.4 Å². The summed E-state index contributed by atoms with van der Waals surface area (Å²) in [7, 11) is 0. The van der Waals surface area contributed by atoms with Gasteiger partial charge >= 0.3 is 6.09 Å². The maximum Gasteiger partial charge on any atom is 0.427 e. The van der Waals surface area contributed by atoms with Crippen molar-refractivity contribution in [1.29, 1.82) is 0 Å². The average molecular weight is 216 g/mol. The molecular weight excluding hydrogens is 208 g/mol. The molecule has 0 saturated carbocycles. The molecular formula is C7H8N2O4S. The van der Waals surface area contributed by atoms with Crippen LogP contribution < -0.4 is 15.0 Å². The topological polar surface area (TPSA) is 87.7 Å². The van der Waals surface area contributed by atoms with Gasteiger partial charge in [-0.05, 0) is 12.1 Å². The highest BCUT2D eigenvalue weighted by molar-refractivity contribution is 7.77. The van der Waals surface area contributed by atoms with Crippen LogP contribution in [0.3, 0.4) is 0 Å². The van der Waals surface area contributed by atoms with Crippen molar-refractivity contribution in [1.82, 2.24) is 10.3 Å². The number of nitrogens with one attached hydrogen (secondary N) is 2. The highest BCUT2D eigenvalue weighted by Gasteiger charge is 2.03. The SMILES string of the molecule is O=C(NNS(=O)O)Oc1ccccc1. The lowest BCUT2D eigenvalue weighted by Gasteiger charge is -2.04. The predicted octanol–water partition coefficient (Wildman–Crippen LogP) is 0.416. The highest BCUT2D eigenvalue weighted by atomic mass is 32.2. The minimum atomic E-state index is -2.31. The van der Waals surface area contributed by atoms with E-state index in [-0.39, 0.29) is 0 Å². The lowest BCUT2D eigenvalue weighted by molar-refractivity contribution is 0.198. The minimum absolute atomic E-state index is 0.343. The number of carbonyl (C=O) groups is 1. The van der Waals surface area contributed by atoms with Crippen molar-refractivity contribution in [3.05, 3.63) is 30.3 Å². The smallest absolute Gasteiger partial charge is 0.409 e. The standard InChI is InChI=1S/C7H8N2O4S/c10-7(8-9-14(11)12)13-6-4-2-1-3-5-6/h1-5,9H,(H,8,10)(H,11,12). The molecule has 76 valence electrons. The number of ether oxygens (including phenoxy) is 1. The first-order valence-corrected chi connectivity index (χ1v) is 4.68. The molecule has 0 radical (unpaired) electrons. The molecule has 0 spiro atoms. The Morgan fingerprint density at radius 1 is 1.36 bits per heavy atom. The molecule has 0 fully saturated rings. The summed E-state index contributed by atoms with van der Waals surface area (Å²) in [4.78, 5) is 12.6. The summed E-state index contributed by atoms with van der Waals surface area (Å²) >= 11 is -2.31. The molecule has 0 aromatic heterocycles. The number of amides is 1. The number of benzene rings is 1. The summed E-state index contributed by atoms with van der Waals surface area (Å²) in [6.07, 6.45) is -0.862. The number of hydrazine groups is 1. The van der Waals surface area contributed by atoms with Gasteiger partial charge in [0.1, 0.15) is 5.75 Å². The molecule has 1 aromatic rings. The maximum absolute atomic E-state index is 10.9. The van der Waals surface area contributed by atoms with E-state index in [1.807, 2.05) is 5.43 Å². The first kappa shape index (κ1) is 10.6. The van der Waals surface area contributed by atoms with Crippen LogP contribution in [0.15, 0.2) is 30.3 Å². The summed E-state index contributed by atoms with van der Waals surface area (Å²) in [5.41, 5.74) is 1.87. The largest absolute Gasteiger partial charge is 0.427 e. The van der Waals surface area contributed by atoms with Crippen molar-refractivity contribution in [3.8, 4) is 5.75 Å². The quantitative estimate of drug-likeness (QED) is 0.504. The molecule has 14 heavy (non-hydrogen) atoms. The zero-order valence-electron chi connectivity index (χ0n) is 6.97. The third-order valence-electron chi connectivity index (χ3n) is 1.19. The van der Waals surface area contributed by atoms with Crippen LogP contribution in [0.1, 0.15) is 0 Å². The van der Waals surface area contributed by atoms with Crippen LogP contribution in [0.4, 0.5) is 4.79 Å². The second kappa shape index (κ2) is 5.32. The Morgan fingerprint density at radius 2 is 2.00 bits per heavy atom. The Morgan fingerprint density at radius 3 is 2.57 bits per heavy atom. The van der Waals surface area contributed by atoms with Gasteiger partial charge in [-0.3, -0.25) is 4.55 Å². The summed E-state index contributed by atoms with van der Waals surface area (Å²) in [6.45, 7) is 0. The molecule has 6 nitrogen and oxygen atoms in total. The van der Waals surface area contributed by atoms with Crippen molar-refractivity contribution in [2.75, 3.05) is 0 Å². The fourth-order valence-electron chi connectivity index (χ4n) is 0.706. The van der Waals surface area contributed by atoms with E-state index in [4.69, 9.17) is 9.29 Å². The van der Waals surface area contributed by atoms with E-state index in [1.165, 1.54) is 0 Å². The van der Waals surface area contributed by atoms with E-state index in [2.05, 4.69) is 0 Å². The van der Waals surface area contributed by atoms with Gasteiger partial charge in [-0.2, -0.15) is 0 Å². The normalized spacial score (nSPS) is 11.8. The molecule has 1 unspecified atom stereocenters. The maximum atomic E-state index is 10.9. The van der Waals surface area contributed by atoms with Gasteiger partial charge in [-0.1, -0.05) is 18.2 Å². The van der Waals surface area contributed by atoms with Crippen LogP contribution in [0, 0.1) is 0 Å². The molecule has 0 aliphatic rings. The zero-order chi connectivity index (χ0) is 10.4. The van der Waals surface area contributed by atoms with Gasteiger partial charge in [0.15, 0.2) is 0 Å². The van der Waals surface area contributed by atoms with Crippen LogP contribution >= 0.6 is 0 Å². The first-order chi connectivity index (χ1) is 6.68. The minimum Gasteiger partial charge on any atom is -0.409 e.